The Labute approximate surface area is 156 Å². The number of thiocarbonyl (C=S) groups is 1. The van der Waals surface area contributed by atoms with Crippen LogP contribution in [0.4, 0.5) is 10.1 Å². The monoisotopic (exact) mass is 371 g/mol. The molecule has 26 heavy (non-hydrogen) atoms. The number of rotatable bonds is 4. The van der Waals surface area contributed by atoms with Gasteiger partial charge in [-0.2, -0.15) is 0 Å². The lowest BCUT2D eigenvalue weighted by Crippen LogP contribution is -2.46. The molecule has 0 saturated carbocycles. The fourth-order valence-electron chi connectivity index (χ4n) is 2.84. The fourth-order valence-corrected chi connectivity index (χ4v) is 3.11. The quantitative estimate of drug-likeness (QED) is 0.720. The van der Waals surface area contributed by atoms with E-state index in [2.05, 4.69) is 16.0 Å². The number of halogens is 1. The summed E-state index contributed by atoms with van der Waals surface area (Å²) < 4.78 is 19.5. The molecular formula is C19H18FN3O2S. The SMILES string of the molecule is COc1cccc(NC(=O)C2=C(C)NC(=S)N[C@H]2c2ccccc2F)c1. The minimum atomic E-state index is -0.685. The highest BCUT2D eigenvalue weighted by Gasteiger charge is 2.31. The van der Waals surface area contributed by atoms with Crippen molar-refractivity contribution in [2.24, 2.45) is 0 Å². The highest BCUT2D eigenvalue weighted by Crippen LogP contribution is 2.29. The second-order valence-electron chi connectivity index (χ2n) is 5.78. The van der Waals surface area contributed by atoms with Crippen molar-refractivity contribution in [1.29, 1.82) is 0 Å². The van der Waals surface area contributed by atoms with E-state index in [0.29, 0.717) is 33.4 Å². The Kier molecular flexibility index (Phi) is 5.18. The summed E-state index contributed by atoms with van der Waals surface area (Å²) in [5.74, 6) is -0.138. The topological polar surface area (TPSA) is 62.4 Å². The van der Waals surface area contributed by atoms with Gasteiger partial charge in [-0.1, -0.05) is 24.3 Å². The summed E-state index contributed by atoms with van der Waals surface area (Å²) in [5, 5.41) is 9.08. The van der Waals surface area contributed by atoms with Crippen LogP contribution in [0.15, 0.2) is 59.8 Å². The van der Waals surface area contributed by atoms with Gasteiger partial charge in [-0.25, -0.2) is 4.39 Å². The summed E-state index contributed by atoms with van der Waals surface area (Å²) in [4.78, 5) is 12.9. The Hall–Kier alpha value is -2.93. The summed E-state index contributed by atoms with van der Waals surface area (Å²) in [6, 6.07) is 12.6. The van der Waals surface area contributed by atoms with Crippen LogP contribution in [0.3, 0.4) is 0 Å². The van der Waals surface area contributed by atoms with Gasteiger partial charge in [-0.05, 0) is 37.3 Å². The molecule has 0 spiro atoms. The summed E-state index contributed by atoms with van der Waals surface area (Å²) >= 11 is 5.18. The lowest BCUT2D eigenvalue weighted by molar-refractivity contribution is -0.113. The van der Waals surface area contributed by atoms with E-state index in [0.717, 1.165) is 0 Å². The minimum Gasteiger partial charge on any atom is -0.497 e. The van der Waals surface area contributed by atoms with Crippen molar-refractivity contribution in [1.82, 2.24) is 10.6 Å². The Morgan fingerprint density at radius 2 is 2.00 bits per heavy atom. The average molecular weight is 371 g/mol. The number of hydrogen-bond donors (Lipinski definition) is 3. The average Bonchev–Trinajstić information content (AvgIpc) is 2.61. The Morgan fingerprint density at radius 1 is 1.23 bits per heavy atom. The number of ether oxygens (including phenoxy) is 1. The normalized spacial score (nSPS) is 16.6. The molecule has 3 rings (SSSR count). The van der Waals surface area contributed by atoms with Gasteiger partial charge in [0.25, 0.3) is 5.91 Å². The third-order valence-electron chi connectivity index (χ3n) is 4.06. The third-order valence-corrected chi connectivity index (χ3v) is 4.28. The molecule has 0 aromatic heterocycles. The molecule has 0 fully saturated rings. The van der Waals surface area contributed by atoms with Crippen molar-refractivity contribution in [2.45, 2.75) is 13.0 Å². The van der Waals surface area contributed by atoms with Crippen molar-refractivity contribution in [3.63, 3.8) is 0 Å². The van der Waals surface area contributed by atoms with Gasteiger partial charge in [-0.15, -0.1) is 0 Å². The Balaban J connectivity index is 1.95. The van der Waals surface area contributed by atoms with Crippen LogP contribution in [-0.4, -0.2) is 18.1 Å². The summed E-state index contributed by atoms with van der Waals surface area (Å²) in [5.41, 5.74) is 1.87. The molecule has 2 aromatic carbocycles. The van der Waals surface area contributed by atoms with E-state index in [1.54, 1.807) is 56.5 Å². The maximum Gasteiger partial charge on any atom is 0.255 e. The van der Waals surface area contributed by atoms with Crippen LogP contribution in [0.1, 0.15) is 18.5 Å². The van der Waals surface area contributed by atoms with Crippen molar-refractivity contribution in [2.75, 3.05) is 12.4 Å². The molecule has 5 nitrogen and oxygen atoms in total. The maximum absolute atomic E-state index is 14.3. The number of nitrogens with one attached hydrogen (secondary N) is 3. The van der Waals surface area contributed by atoms with Crippen molar-refractivity contribution < 1.29 is 13.9 Å². The zero-order valence-electron chi connectivity index (χ0n) is 14.3. The fraction of sp³-hybridized carbons (Fsp3) is 0.158. The molecule has 0 aliphatic carbocycles. The summed E-state index contributed by atoms with van der Waals surface area (Å²) in [6.07, 6.45) is 0. The second-order valence-corrected chi connectivity index (χ2v) is 6.19. The van der Waals surface area contributed by atoms with Crippen LogP contribution in [0.25, 0.3) is 0 Å². The molecule has 1 aliphatic heterocycles. The number of anilines is 1. The first-order valence-corrected chi connectivity index (χ1v) is 8.38. The predicted octanol–water partition coefficient (Wildman–Crippen LogP) is 3.27. The highest BCUT2D eigenvalue weighted by molar-refractivity contribution is 7.80. The van der Waals surface area contributed by atoms with Gasteiger partial charge < -0.3 is 20.7 Å². The van der Waals surface area contributed by atoms with Crippen LogP contribution in [0.5, 0.6) is 5.75 Å². The van der Waals surface area contributed by atoms with E-state index in [4.69, 9.17) is 17.0 Å². The lowest BCUT2D eigenvalue weighted by Gasteiger charge is -2.30. The summed E-state index contributed by atoms with van der Waals surface area (Å²) in [6.45, 7) is 1.74. The molecule has 134 valence electrons. The molecule has 0 radical (unpaired) electrons. The van der Waals surface area contributed by atoms with Gasteiger partial charge in [0.05, 0.1) is 18.7 Å². The van der Waals surface area contributed by atoms with E-state index in [-0.39, 0.29) is 5.91 Å². The molecule has 1 atom stereocenters. The molecule has 3 N–H and O–H groups in total. The van der Waals surface area contributed by atoms with Gasteiger partial charge in [0, 0.05) is 23.0 Å². The van der Waals surface area contributed by atoms with E-state index in [9.17, 15) is 9.18 Å². The molecule has 1 heterocycles. The van der Waals surface area contributed by atoms with Gasteiger partial charge in [0.1, 0.15) is 11.6 Å². The van der Waals surface area contributed by atoms with E-state index < -0.39 is 11.9 Å². The van der Waals surface area contributed by atoms with Gasteiger partial charge >= 0.3 is 0 Å². The Bertz CT molecular complexity index is 898. The maximum atomic E-state index is 14.3. The third kappa shape index (κ3) is 3.67. The minimum absolute atomic E-state index is 0.341. The molecular weight excluding hydrogens is 353 g/mol. The van der Waals surface area contributed by atoms with Crippen molar-refractivity contribution in [3.8, 4) is 5.75 Å². The van der Waals surface area contributed by atoms with Crippen LogP contribution in [0.2, 0.25) is 0 Å². The van der Waals surface area contributed by atoms with E-state index in [1.807, 2.05) is 0 Å². The molecule has 0 bridgehead atoms. The van der Waals surface area contributed by atoms with Gasteiger partial charge in [0.15, 0.2) is 5.11 Å². The smallest absolute Gasteiger partial charge is 0.255 e. The first kappa shape index (κ1) is 17.9. The number of carbonyl (C=O) groups excluding carboxylic acids is 1. The largest absolute Gasteiger partial charge is 0.497 e. The summed E-state index contributed by atoms with van der Waals surface area (Å²) in [7, 11) is 1.55. The van der Waals surface area contributed by atoms with Crippen molar-refractivity contribution >= 4 is 28.9 Å². The molecule has 0 unspecified atom stereocenters. The number of amides is 1. The number of methoxy groups -OCH3 is 1. The van der Waals surface area contributed by atoms with Crippen LogP contribution >= 0.6 is 12.2 Å². The van der Waals surface area contributed by atoms with Crippen LogP contribution in [-0.2, 0) is 4.79 Å². The van der Waals surface area contributed by atoms with Gasteiger partial charge in [0.2, 0.25) is 0 Å². The molecule has 0 saturated heterocycles. The first-order valence-electron chi connectivity index (χ1n) is 7.97. The highest BCUT2D eigenvalue weighted by atomic mass is 32.1. The number of benzene rings is 2. The molecule has 1 aliphatic rings. The predicted molar refractivity (Wildman–Crippen MR) is 102 cm³/mol. The van der Waals surface area contributed by atoms with E-state index in [1.165, 1.54) is 6.07 Å². The second kappa shape index (κ2) is 7.53. The van der Waals surface area contributed by atoms with Crippen LogP contribution in [0, 0.1) is 5.82 Å². The first-order chi connectivity index (χ1) is 12.5. The van der Waals surface area contributed by atoms with E-state index >= 15 is 0 Å². The number of allylic oxidation sites excluding steroid dienone is 1. The standard InChI is InChI=1S/C19H18FN3O2S/c1-11-16(18(24)22-12-6-5-7-13(10-12)25-2)17(23-19(26)21-11)14-8-3-4-9-15(14)20/h3-10,17H,1-2H3,(H,22,24)(H2,21,23,26)/t17-/m0/s1. The number of hydrogen-bond acceptors (Lipinski definition) is 3. The molecule has 7 heteroatoms. The zero-order chi connectivity index (χ0) is 18.7. The van der Waals surface area contributed by atoms with Crippen LogP contribution < -0.4 is 20.7 Å². The van der Waals surface area contributed by atoms with Gasteiger partial charge in [-0.3, -0.25) is 4.79 Å². The lowest BCUT2D eigenvalue weighted by atomic mass is 9.94. The zero-order valence-corrected chi connectivity index (χ0v) is 15.1. The number of carbonyl (C=O) groups is 1. The van der Waals surface area contributed by atoms with Crippen molar-refractivity contribution in [3.05, 3.63) is 71.2 Å². The molecule has 2 aromatic rings. The molecule has 1 amide bonds. The Morgan fingerprint density at radius 3 is 2.73 bits per heavy atom.